The number of hydrogen-bond acceptors (Lipinski definition) is 9. The van der Waals surface area contributed by atoms with Gasteiger partial charge < -0.3 is 9.64 Å². The highest BCUT2D eigenvalue weighted by molar-refractivity contribution is 7.92. The first-order valence-electron chi connectivity index (χ1n) is 12.5. The molecule has 7 rings (SSSR count). The number of benzene rings is 1. The topological polar surface area (TPSA) is 123 Å². The number of rotatable bonds is 4. The predicted octanol–water partition coefficient (Wildman–Crippen LogP) is 2.18. The van der Waals surface area contributed by atoms with E-state index in [9.17, 15) is 17.6 Å². The van der Waals surface area contributed by atoms with Crippen molar-refractivity contribution in [2.75, 3.05) is 34.4 Å². The number of imidazole rings is 1. The van der Waals surface area contributed by atoms with Crippen molar-refractivity contribution in [1.29, 1.82) is 0 Å². The van der Waals surface area contributed by atoms with Gasteiger partial charge in [0.15, 0.2) is 33.2 Å². The van der Waals surface area contributed by atoms with Crippen molar-refractivity contribution in [3.05, 3.63) is 60.2 Å². The summed E-state index contributed by atoms with van der Waals surface area (Å²) in [6, 6.07) is 4.52. The van der Waals surface area contributed by atoms with Crippen LogP contribution in [-0.2, 0) is 21.2 Å². The van der Waals surface area contributed by atoms with Gasteiger partial charge in [0.25, 0.3) is 5.91 Å². The zero-order valence-corrected chi connectivity index (χ0v) is 22.0. The zero-order chi connectivity index (χ0) is 27.1. The van der Waals surface area contributed by atoms with Gasteiger partial charge in [-0.25, -0.2) is 27.8 Å². The molecule has 4 aromatic rings. The van der Waals surface area contributed by atoms with Crippen LogP contribution in [0.1, 0.15) is 18.3 Å². The third kappa shape index (κ3) is 3.82. The van der Waals surface area contributed by atoms with Crippen LogP contribution in [0.15, 0.2) is 43.0 Å². The van der Waals surface area contributed by atoms with Crippen molar-refractivity contribution in [2.24, 2.45) is 5.41 Å². The van der Waals surface area contributed by atoms with Crippen molar-refractivity contribution in [3.8, 4) is 17.0 Å². The number of ether oxygens (including phenoxy) is 1. The average molecular weight is 550 g/mol. The van der Waals surface area contributed by atoms with Crippen LogP contribution in [0.4, 0.5) is 16.0 Å². The van der Waals surface area contributed by atoms with Gasteiger partial charge in [-0.05, 0) is 26.0 Å². The lowest BCUT2D eigenvalue weighted by molar-refractivity contribution is -0.125. The van der Waals surface area contributed by atoms with Gasteiger partial charge in [0.1, 0.15) is 0 Å². The minimum atomic E-state index is -2.88. The summed E-state index contributed by atoms with van der Waals surface area (Å²) < 4.78 is 45.0. The number of amides is 1. The molecule has 3 aliphatic rings. The lowest BCUT2D eigenvalue weighted by atomic mass is 9.83. The van der Waals surface area contributed by atoms with Gasteiger partial charge in [0, 0.05) is 42.7 Å². The molecule has 13 heteroatoms. The number of fused-ring (bicyclic) bond motifs is 2. The summed E-state index contributed by atoms with van der Waals surface area (Å²) in [5.41, 5.74) is 3.63. The SMILES string of the molecule is Cc1nc2cnc(-c3cnc(N4CC5(C4)CS(=O)(=O)C5)nc3)cn2c1CN1C(=O)[C@@H](C)Oc2c(F)cccc21. The van der Waals surface area contributed by atoms with Crippen molar-refractivity contribution in [2.45, 2.75) is 26.5 Å². The number of carbonyl (C=O) groups excluding carboxylic acids is 1. The standard InChI is InChI=1S/C26H24FN7O4S/c1-15-21(10-34-20-5-3-4-18(27)23(20)38-16(2)24(34)35)33-9-19(28-8-22(33)31-15)17-6-29-25(30-7-17)32-11-26(12-32)13-39(36,37)14-26/h3-9,16H,10-14H2,1-2H3/t16-/m1/s1. The van der Waals surface area contributed by atoms with Crippen LogP contribution in [0.25, 0.3) is 16.9 Å². The Kier molecular flexibility index (Phi) is 5.03. The lowest BCUT2D eigenvalue weighted by Crippen LogP contribution is -2.68. The normalized spacial score (nSPS) is 20.9. The van der Waals surface area contributed by atoms with E-state index >= 15 is 0 Å². The van der Waals surface area contributed by atoms with E-state index in [0.717, 1.165) is 11.4 Å². The number of anilines is 2. The summed E-state index contributed by atoms with van der Waals surface area (Å²) in [5.74, 6) is 0.296. The highest BCUT2D eigenvalue weighted by Crippen LogP contribution is 2.42. The third-order valence-electron chi connectivity index (χ3n) is 7.58. The molecule has 0 aliphatic carbocycles. The fourth-order valence-corrected chi connectivity index (χ4v) is 7.91. The zero-order valence-electron chi connectivity index (χ0n) is 21.2. The number of halogens is 1. The first-order valence-corrected chi connectivity index (χ1v) is 14.3. The molecule has 1 aromatic carbocycles. The van der Waals surface area contributed by atoms with Gasteiger partial charge >= 0.3 is 0 Å². The molecule has 11 nitrogen and oxygen atoms in total. The summed E-state index contributed by atoms with van der Waals surface area (Å²) in [6.07, 6.45) is 6.02. The van der Waals surface area contributed by atoms with Gasteiger partial charge in [-0.2, -0.15) is 0 Å². The maximum Gasteiger partial charge on any atom is 0.268 e. The predicted molar refractivity (Wildman–Crippen MR) is 140 cm³/mol. The van der Waals surface area contributed by atoms with E-state index in [-0.39, 0.29) is 35.1 Å². The summed E-state index contributed by atoms with van der Waals surface area (Å²) in [4.78, 5) is 34.7. The van der Waals surface area contributed by atoms with Crippen LogP contribution in [0.2, 0.25) is 0 Å². The molecule has 0 unspecified atom stereocenters. The minimum absolute atomic E-state index is 0.0581. The summed E-state index contributed by atoms with van der Waals surface area (Å²) in [7, 11) is -2.88. The molecule has 39 heavy (non-hydrogen) atoms. The van der Waals surface area contributed by atoms with Crippen LogP contribution in [0.5, 0.6) is 5.75 Å². The van der Waals surface area contributed by atoms with Crippen molar-refractivity contribution >= 4 is 33.0 Å². The number of sulfone groups is 1. The Morgan fingerprint density at radius 1 is 1.13 bits per heavy atom. The van der Waals surface area contributed by atoms with Gasteiger partial charge in [0.05, 0.1) is 47.0 Å². The fourth-order valence-electron chi connectivity index (χ4n) is 5.76. The van der Waals surface area contributed by atoms with Crippen LogP contribution < -0.4 is 14.5 Å². The molecular formula is C26H24FN7O4S. The average Bonchev–Trinajstić information content (AvgIpc) is 3.18. The molecule has 2 fully saturated rings. The van der Waals surface area contributed by atoms with Crippen LogP contribution in [0.3, 0.4) is 0 Å². The highest BCUT2D eigenvalue weighted by atomic mass is 32.2. The smallest absolute Gasteiger partial charge is 0.268 e. The molecule has 0 bridgehead atoms. The summed E-state index contributed by atoms with van der Waals surface area (Å²) in [5, 5.41) is 0. The third-order valence-corrected chi connectivity index (χ3v) is 9.69. The summed E-state index contributed by atoms with van der Waals surface area (Å²) in [6.45, 7) is 4.90. The van der Waals surface area contributed by atoms with E-state index in [1.165, 1.54) is 11.0 Å². The van der Waals surface area contributed by atoms with E-state index in [1.54, 1.807) is 37.6 Å². The Labute approximate surface area is 223 Å². The number of aromatic nitrogens is 5. The number of aryl methyl sites for hydroxylation is 1. The molecule has 1 amide bonds. The van der Waals surface area contributed by atoms with Crippen molar-refractivity contribution in [3.63, 3.8) is 0 Å². The molecule has 3 aliphatic heterocycles. The second-order valence-electron chi connectivity index (χ2n) is 10.6. The maximum absolute atomic E-state index is 14.5. The van der Waals surface area contributed by atoms with Crippen molar-refractivity contribution in [1.82, 2.24) is 24.3 Å². The molecule has 1 atom stereocenters. The summed E-state index contributed by atoms with van der Waals surface area (Å²) >= 11 is 0. The van der Waals surface area contributed by atoms with Gasteiger partial charge in [-0.15, -0.1) is 0 Å². The largest absolute Gasteiger partial charge is 0.476 e. The number of nitrogens with zero attached hydrogens (tertiary/aromatic N) is 7. The van der Waals surface area contributed by atoms with E-state index in [4.69, 9.17) is 4.74 Å². The van der Waals surface area contributed by atoms with E-state index in [2.05, 4.69) is 19.9 Å². The lowest BCUT2D eigenvalue weighted by Gasteiger charge is -2.54. The number of carbonyl (C=O) groups is 1. The molecule has 0 radical (unpaired) electrons. The Bertz CT molecular complexity index is 1750. The molecule has 0 N–H and O–H groups in total. The van der Waals surface area contributed by atoms with E-state index < -0.39 is 21.8 Å². The van der Waals surface area contributed by atoms with Crippen LogP contribution in [-0.4, -0.2) is 69.4 Å². The fraction of sp³-hybridized carbons (Fsp3) is 0.346. The molecule has 6 heterocycles. The molecule has 200 valence electrons. The van der Waals surface area contributed by atoms with E-state index in [1.807, 2.05) is 22.4 Å². The Morgan fingerprint density at radius 3 is 2.59 bits per heavy atom. The molecule has 2 saturated heterocycles. The minimum Gasteiger partial charge on any atom is -0.476 e. The second kappa shape index (κ2) is 8.18. The van der Waals surface area contributed by atoms with Gasteiger partial charge in [-0.3, -0.25) is 19.1 Å². The van der Waals surface area contributed by atoms with Gasteiger partial charge in [-0.1, -0.05) is 6.07 Å². The quantitative estimate of drug-likeness (QED) is 0.377. The van der Waals surface area contributed by atoms with Crippen LogP contribution in [0, 0.1) is 18.2 Å². The first-order chi connectivity index (χ1) is 18.6. The first kappa shape index (κ1) is 23.9. The monoisotopic (exact) mass is 549 g/mol. The molecular weight excluding hydrogens is 525 g/mol. The Hall–Kier alpha value is -4.13. The van der Waals surface area contributed by atoms with Gasteiger partial charge in [0.2, 0.25) is 5.95 Å². The van der Waals surface area contributed by atoms with E-state index in [0.29, 0.717) is 41.6 Å². The highest BCUT2D eigenvalue weighted by Gasteiger charge is 2.56. The molecule has 3 aromatic heterocycles. The molecule has 1 spiro atoms. The maximum atomic E-state index is 14.5. The Balaban J connectivity index is 1.17. The second-order valence-corrected chi connectivity index (χ2v) is 12.6. The molecule has 0 saturated carbocycles. The number of para-hydroxylation sites is 1. The Morgan fingerprint density at radius 2 is 1.87 bits per heavy atom. The van der Waals surface area contributed by atoms with Crippen molar-refractivity contribution < 1.29 is 22.3 Å². The number of hydrogen-bond donors (Lipinski definition) is 0. The van der Waals surface area contributed by atoms with Crippen LogP contribution >= 0.6 is 0 Å².